The van der Waals surface area contributed by atoms with Gasteiger partial charge in [-0.2, -0.15) is 0 Å². The Hall–Kier alpha value is -0.820. The number of anilines is 1. The number of likely N-dealkylation sites (tertiary alicyclic amines) is 1. The van der Waals surface area contributed by atoms with Gasteiger partial charge in [-0.25, -0.2) is 0 Å². The zero-order valence-electron chi connectivity index (χ0n) is 13.5. The number of nitrogens with one attached hydrogen (secondary N) is 1. The number of aromatic nitrogens is 2. The summed E-state index contributed by atoms with van der Waals surface area (Å²) in [5, 5.41) is 12.4. The molecule has 0 saturated carbocycles. The molecule has 1 aromatic rings. The summed E-state index contributed by atoms with van der Waals surface area (Å²) >= 11 is 3.06. The van der Waals surface area contributed by atoms with Gasteiger partial charge >= 0.3 is 0 Å². The number of carbonyl (C=O) groups is 1. The van der Waals surface area contributed by atoms with E-state index < -0.39 is 0 Å². The van der Waals surface area contributed by atoms with E-state index in [9.17, 15) is 4.79 Å². The second-order valence-corrected chi connectivity index (χ2v) is 8.22. The van der Waals surface area contributed by atoms with Crippen LogP contribution in [-0.2, 0) is 4.79 Å². The van der Waals surface area contributed by atoms with Crippen molar-refractivity contribution in [3.05, 3.63) is 0 Å². The second-order valence-electron chi connectivity index (χ2n) is 5.65. The van der Waals surface area contributed by atoms with E-state index in [4.69, 9.17) is 0 Å². The smallest absolute Gasteiger partial charge is 0.235 e. The van der Waals surface area contributed by atoms with Gasteiger partial charge in [0.25, 0.3) is 0 Å². The van der Waals surface area contributed by atoms with Crippen molar-refractivity contribution < 1.29 is 4.79 Å². The lowest BCUT2D eigenvalue weighted by Crippen LogP contribution is -2.37. The lowest BCUT2D eigenvalue weighted by molar-refractivity contribution is -0.130. The van der Waals surface area contributed by atoms with E-state index in [1.165, 1.54) is 35.9 Å². The Morgan fingerprint density at radius 2 is 2.05 bits per heavy atom. The van der Waals surface area contributed by atoms with Crippen LogP contribution in [0.2, 0.25) is 0 Å². The van der Waals surface area contributed by atoms with Crippen molar-refractivity contribution in [3.63, 3.8) is 0 Å². The van der Waals surface area contributed by atoms with Gasteiger partial charge in [0.15, 0.2) is 4.34 Å². The van der Waals surface area contributed by atoms with Crippen molar-refractivity contribution in [1.82, 2.24) is 15.1 Å². The van der Waals surface area contributed by atoms with Crippen LogP contribution in [0.3, 0.4) is 0 Å². The molecule has 1 amide bonds. The third kappa shape index (κ3) is 5.43. The third-order valence-electron chi connectivity index (χ3n) is 3.76. The van der Waals surface area contributed by atoms with Crippen molar-refractivity contribution in [2.24, 2.45) is 0 Å². The minimum Gasteiger partial charge on any atom is -0.360 e. The summed E-state index contributed by atoms with van der Waals surface area (Å²) in [6.45, 7) is 6.88. The molecule has 7 heteroatoms. The molecule has 0 aromatic carbocycles. The van der Waals surface area contributed by atoms with Gasteiger partial charge in [0.2, 0.25) is 11.0 Å². The van der Waals surface area contributed by atoms with Gasteiger partial charge in [0, 0.05) is 19.6 Å². The highest BCUT2D eigenvalue weighted by molar-refractivity contribution is 8.02. The molecule has 22 heavy (non-hydrogen) atoms. The maximum atomic E-state index is 12.5. The van der Waals surface area contributed by atoms with Crippen LogP contribution in [0.15, 0.2) is 4.34 Å². The largest absolute Gasteiger partial charge is 0.360 e. The number of nitrogens with zero attached hydrogens (tertiary/aromatic N) is 3. The normalized spacial score (nSPS) is 17.1. The van der Waals surface area contributed by atoms with Crippen LogP contribution in [0.4, 0.5) is 5.13 Å². The number of hydrogen-bond acceptors (Lipinski definition) is 6. The first-order valence-electron chi connectivity index (χ1n) is 8.23. The van der Waals surface area contributed by atoms with E-state index >= 15 is 0 Å². The minimum atomic E-state index is -0.0884. The molecule has 1 aliphatic heterocycles. The zero-order chi connectivity index (χ0) is 15.8. The second kappa shape index (κ2) is 9.35. The van der Waals surface area contributed by atoms with E-state index in [0.717, 1.165) is 54.8 Å². The SMILES string of the molecule is CCCCNc1nnc(SC(C)C(=O)N2CCCCCC2)s1. The van der Waals surface area contributed by atoms with Crippen molar-refractivity contribution in [2.45, 2.75) is 62.0 Å². The fourth-order valence-electron chi connectivity index (χ4n) is 2.45. The average Bonchev–Trinajstić information content (AvgIpc) is 2.79. The molecule has 2 heterocycles. The summed E-state index contributed by atoms with van der Waals surface area (Å²) in [7, 11) is 0. The van der Waals surface area contributed by atoms with Crippen molar-refractivity contribution in [1.29, 1.82) is 0 Å². The molecule has 1 aliphatic rings. The Labute approximate surface area is 141 Å². The van der Waals surface area contributed by atoms with Gasteiger partial charge in [0.1, 0.15) is 0 Å². The number of carbonyl (C=O) groups excluding carboxylic acids is 1. The molecule has 5 nitrogen and oxygen atoms in total. The van der Waals surface area contributed by atoms with E-state index in [1.807, 2.05) is 11.8 Å². The van der Waals surface area contributed by atoms with Gasteiger partial charge in [-0.1, -0.05) is 49.3 Å². The van der Waals surface area contributed by atoms with Crippen LogP contribution >= 0.6 is 23.1 Å². The van der Waals surface area contributed by atoms with Crippen molar-refractivity contribution in [3.8, 4) is 0 Å². The van der Waals surface area contributed by atoms with Crippen LogP contribution in [0.1, 0.15) is 52.4 Å². The minimum absolute atomic E-state index is 0.0884. The Bertz CT molecular complexity index is 458. The summed E-state index contributed by atoms with van der Waals surface area (Å²) in [4.78, 5) is 14.5. The van der Waals surface area contributed by atoms with Gasteiger partial charge in [-0.3, -0.25) is 4.79 Å². The van der Waals surface area contributed by atoms with Gasteiger partial charge < -0.3 is 10.2 Å². The predicted molar refractivity (Wildman–Crippen MR) is 93.7 cm³/mol. The molecule has 1 unspecified atom stereocenters. The number of rotatable bonds is 7. The molecule has 0 spiro atoms. The van der Waals surface area contributed by atoms with Crippen molar-refractivity contribution in [2.75, 3.05) is 25.0 Å². The monoisotopic (exact) mass is 342 g/mol. The van der Waals surface area contributed by atoms with E-state index in [1.54, 1.807) is 0 Å². The Morgan fingerprint density at radius 1 is 1.32 bits per heavy atom. The number of amides is 1. The average molecular weight is 343 g/mol. The van der Waals surface area contributed by atoms with Crippen LogP contribution in [0.5, 0.6) is 0 Å². The molecule has 0 bridgehead atoms. The zero-order valence-corrected chi connectivity index (χ0v) is 15.1. The summed E-state index contributed by atoms with van der Waals surface area (Å²) < 4.78 is 0.870. The topological polar surface area (TPSA) is 58.1 Å². The molecule has 2 rings (SSSR count). The fourth-order valence-corrected chi connectivity index (χ4v) is 4.46. The molecule has 124 valence electrons. The number of unbranched alkanes of at least 4 members (excludes halogenated alkanes) is 1. The molecule has 1 fully saturated rings. The van der Waals surface area contributed by atoms with E-state index in [2.05, 4.69) is 22.4 Å². The summed E-state index contributed by atoms with van der Waals surface area (Å²) in [6.07, 6.45) is 7.05. The first-order valence-corrected chi connectivity index (χ1v) is 9.93. The fraction of sp³-hybridized carbons (Fsp3) is 0.800. The first-order chi connectivity index (χ1) is 10.7. The van der Waals surface area contributed by atoms with Crippen LogP contribution in [-0.4, -0.2) is 45.9 Å². The van der Waals surface area contributed by atoms with Gasteiger partial charge in [0.05, 0.1) is 5.25 Å². The molecule has 1 saturated heterocycles. The number of hydrogen-bond donors (Lipinski definition) is 1. The lowest BCUT2D eigenvalue weighted by Gasteiger charge is -2.23. The molecule has 1 aromatic heterocycles. The molecule has 1 atom stereocenters. The first kappa shape index (κ1) is 17.5. The van der Waals surface area contributed by atoms with Crippen LogP contribution in [0.25, 0.3) is 0 Å². The highest BCUT2D eigenvalue weighted by atomic mass is 32.2. The van der Waals surface area contributed by atoms with Gasteiger partial charge in [-0.05, 0) is 26.2 Å². The number of thioether (sulfide) groups is 1. The molecule has 0 aliphatic carbocycles. The highest BCUT2D eigenvalue weighted by Gasteiger charge is 2.23. The van der Waals surface area contributed by atoms with E-state index in [-0.39, 0.29) is 11.2 Å². The lowest BCUT2D eigenvalue weighted by atomic mass is 10.2. The molecule has 0 radical (unpaired) electrons. The molecular weight excluding hydrogens is 316 g/mol. The highest BCUT2D eigenvalue weighted by Crippen LogP contribution is 2.30. The Morgan fingerprint density at radius 3 is 2.73 bits per heavy atom. The standard InChI is InChI=1S/C15H26N4OS2/c1-3-4-9-16-14-17-18-15(22-14)21-12(2)13(20)19-10-7-5-6-8-11-19/h12H,3-11H2,1-2H3,(H,16,17). The predicted octanol–water partition coefficient (Wildman–Crippen LogP) is 3.63. The third-order valence-corrected chi connectivity index (χ3v) is 5.81. The summed E-state index contributed by atoms with van der Waals surface area (Å²) in [5.74, 6) is 0.239. The summed E-state index contributed by atoms with van der Waals surface area (Å²) in [6, 6.07) is 0. The Balaban J connectivity index is 1.82. The van der Waals surface area contributed by atoms with Crippen LogP contribution < -0.4 is 5.32 Å². The molecule has 1 N–H and O–H groups in total. The molecular formula is C15H26N4OS2. The maximum absolute atomic E-state index is 12.5. The van der Waals surface area contributed by atoms with Crippen LogP contribution in [0, 0.1) is 0 Å². The maximum Gasteiger partial charge on any atom is 0.235 e. The van der Waals surface area contributed by atoms with Gasteiger partial charge in [-0.15, -0.1) is 10.2 Å². The van der Waals surface area contributed by atoms with Crippen molar-refractivity contribution >= 4 is 34.1 Å². The Kier molecular flexibility index (Phi) is 7.45. The summed E-state index contributed by atoms with van der Waals surface area (Å²) in [5.41, 5.74) is 0. The quantitative estimate of drug-likeness (QED) is 0.606. The van der Waals surface area contributed by atoms with E-state index in [0.29, 0.717) is 0 Å².